The van der Waals surface area contributed by atoms with E-state index < -0.39 is 32.2 Å². The van der Waals surface area contributed by atoms with E-state index in [9.17, 15) is 17.2 Å². The third-order valence-corrected chi connectivity index (χ3v) is 4.53. The number of hydrogen-bond donors (Lipinski definition) is 1. The summed E-state index contributed by atoms with van der Waals surface area (Å²) in [4.78, 5) is -0.586. The van der Waals surface area contributed by atoms with Crippen LogP contribution in [0.2, 0.25) is 0 Å². The van der Waals surface area contributed by atoms with Gasteiger partial charge in [-0.3, -0.25) is 0 Å². The molecule has 18 heavy (non-hydrogen) atoms. The van der Waals surface area contributed by atoms with Crippen molar-refractivity contribution in [3.05, 3.63) is 23.8 Å². The number of benzene rings is 1. The highest BCUT2D eigenvalue weighted by molar-refractivity contribution is 7.89. The molecule has 0 aliphatic carbocycles. The molecule has 0 atom stereocenters. The first-order chi connectivity index (χ1) is 8.36. The second-order valence-electron chi connectivity index (χ2n) is 3.77. The maximum absolute atomic E-state index is 13.7. The van der Waals surface area contributed by atoms with Gasteiger partial charge in [0.15, 0.2) is 5.82 Å². The Labute approximate surface area is 105 Å². The van der Waals surface area contributed by atoms with Crippen molar-refractivity contribution >= 4 is 15.7 Å². The van der Waals surface area contributed by atoms with Crippen LogP contribution in [0.5, 0.6) is 0 Å². The molecule has 0 heterocycles. The first-order valence-corrected chi connectivity index (χ1v) is 7.03. The van der Waals surface area contributed by atoms with Crippen LogP contribution in [-0.4, -0.2) is 25.8 Å². The summed E-state index contributed by atoms with van der Waals surface area (Å²) in [6, 6.07) is 1.75. The van der Waals surface area contributed by atoms with E-state index in [0.29, 0.717) is 6.42 Å². The number of nitrogens with zero attached hydrogens (tertiary/aromatic N) is 1. The van der Waals surface area contributed by atoms with Crippen LogP contribution in [0.4, 0.5) is 14.5 Å². The van der Waals surface area contributed by atoms with Crippen LogP contribution < -0.4 is 5.73 Å². The Morgan fingerprint density at radius 3 is 2.39 bits per heavy atom. The van der Waals surface area contributed by atoms with E-state index in [1.807, 2.05) is 6.92 Å². The van der Waals surface area contributed by atoms with Crippen molar-refractivity contribution in [3.63, 3.8) is 0 Å². The number of anilines is 1. The molecule has 0 saturated heterocycles. The number of nitrogen functional groups attached to an aromatic ring is 1. The topological polar surface area (TPSA) is 63.4 Å². The number of nitrogens with two attached hydrogens (primary N) is 1. The van der Waals surface area contributed by atoms with E-state index in [2.05, 4.69) is 0 Å². The Kier molecular flexibility index (Phi) is 4.64. The van der Waals surface area contributed by atoms with Crippen molar-refractivity contribution in [3.8, 4) is 0 Å². The van der Waals surface area contributed by atoms with Gasteiger partial charge in [-0.05, 0) is 18.6 Å². The molecule has 0 aliphatic rings. The highest BCUT2D eigenvalue weighted by atomic mass is 32.2. The Morgan fingerprint density at radius 2 is 1.89 bits per heavy atom. The Hall–Kier alpha value is -1.21. The quantitative estimate of drug-likeness (QED) is 0.837. The zero-order chi connectivity index (χ0) is 13.9. The molecule has 1 aromatic rings. The van der Waals surface area contributed by atoms with E-state index in [1.165, 1.54) is 0 Å². The summed E-state index contributed by atoms with van der Waals surface area (Å²) < 4.78 is 52.1. The monoisotopic (exact) mass is 278 g/mol. The van der Waals surface area contributed by atoms with Gasteiger partial charge < -0.3 is 5.73 Å². The average Bonchev–Trinajstić information content (AvgIpc) is 2.32. The molecule has 1 rings (SSSR count). The van der Waals surface area contributed by atoms with E-state index >= 15 is 0 Å². The van der Waals surface area contributed by atoms with Gasteiger partial charge in [0.05, 0.1) is 0 Å². The molecule has 0 aliphatic heterocycles. The van der Waals surface area contributed by atoms with Gasteiger partial charge in [0.25, 0.3) is 0 Å². The molecular weight excluding hydrogens is 262 g/mol. The molecule has 4 nitrogen and oxygen atoms in total. The van der Waals surface area contributed by atoms with Crippen LogP contribution in [0.1, 0.15) is 20.3 Å². The van der Waals surface area contributed by atoms with Crippen LogP contribution in [0.3, 0.4) is 0 Å². The minimum Gasteiger partial charge on any atom is -0.394 e. The van der Waals surface area contributed by atoms with Gasteiger partial charge in [0, 0.05) is 13.1 Å². The molecule has 0 fully saturated rings. The Balaban J connectivity index is 3.32. The summed E-state index contributed by atoms with van der Waals surface area (Å²) in [7, 11) is -3.97. The Morgan fingerprint density at radius 1 is 1.28 bits per heavy atom. The van der Waals surface area contributed by atoms with Crippen LogP contribution in [0.25, 0.3) is 0 Å². The second-order valence-corrected chi connectivity index (χ2v) is 5.68. The molecular formula is C11H16F2N2O2S. The zero-order valence-electron chi connectivity index (χ0n) is 10.3. The molecule has 1 aromatic carbocycles. The first kappa shape index (κ1) is 14.8. The summed E-state index contributed by atoms with van der Waals surface area (Å²) in [5.41, 5.74) is 4.39. The van der Waals surface area contributed by atoms with Crippen molar-refractivity contribution in [2.24, 2.45) is 0 Å². The van der Waals surface area contributed by atoms with Gasteiger partial charge in [-0.25, -0.2) is 17.2 Å². The van der Waals surface area contributed by atoms with Crippen LogP contribution >= 0.6 is 0 Å². The van der Waals surface area contributed by atoms with Crippen LogP contribution in [-0.2, 0) is 10.0 Å². The maximum Gasteiger partial charge on any atom is 0.246 e. The van der Waals surface area contributed by atoms with E-state index in [1.54, 1.807) is 6.92 Å². The second kappa shape index (κ2) is 5.62. The predicted octanol–water partition coefficient (Wildman–Crippen LogP) is 1.97. The minimum atomic E-state index is -3.97. The molecule has 0 amide bonds. The standard InChI is InChI=1S/C11H16F2N2O2S/c1-3-7-15(4-2)18(16,17)9-6-5-8(12)11(14)10(9)13/h5-6H,3-4,7,14H2,1-2H3. The van der Waals surface area contributed by atoms with Crippen molar-refractivity contribution < 1.29 is 17.2 Å². The lowest BCUT2D eigenvalue weighted by Gasteiger charge is -2.20. The minimum absolute atomic E-state index is 0.215. The lowest BCUT2D eigenvalue weighted by Crippen LogP contribution is -2.32. The fraction of sp³-hybridized carbons (Fsp3) is 0.455. The molecule has 0 spiro atoms. The maximum atomic E-state index is 13.7. The Bertz CT molecular complexity index is 532. The molecule has 2 N–H and O–H groups in total. The summed E-state index contributed by atoms with van der Waals surface area (Å²) in [5, 5.41) is 0. The van der Waals surface area contributed by atoms with Crippen molar-refractivity contribution in [2.45, 2.75) is 25.2 Å². The van der Waals surface area contributed by atoms with Gasteiger partial charge in [-0.1, -0.05) is 13.8 Å². The predicted molar refractivity (Wildman–Crippen MR) is 65.5 cm³/mol. The highest BCUT2D eigenvalue weighted by Gasteiger charge is 2.27. The van der Waals surface area contributed by atoms with E-state index in [4.69, 9.17) is 5.73 Å². The van der Waals surface area contributed by atoms with E-state index in [-0.39, 0.29) is 13.1 Å². The smallest absolute Gasteiger partial charge is 0.246 e. The number of sulfonamides is 1. The average molecular weight is 278 g/mol. The lowest BCUT2D eigenvalue weighted by atomic mass is 10.3. The summed E-state index contributed by atoms with van der Waals surface area (Å²) >= 11 is 0. The number of halogens is 2. The van der Waals surface area contributed by atoms with Gasteiger partial charge in [0.2, 0.25) is 10.0 Å². The van der Waals surface area contributed by atoms with Gasteiger partial charge in [-0.15, -0.1) is 0 Å². The third-order valence-electron chi connectivity index (χ3n) is 2.53. The summed E-state index contributed by atoms with van der Waals surface area (Å²) in [6.07, 6.45) is 0.603. The highest BCUT2D eigenvalue weighted by Crippen LogP contribution is 2.25. The zero-order valence-corrected chi connectivity index (χ0v) is 11.1. The lowest BCUT2D eigenvalue weighted by molar-refractivity contribution is 0.422. The molecule has 0 saturated carbocycles. The summed E-state index contributed by atoms with van der Waals surface area (Å²) in [6.45, 7) is 3.95. The van der Waals surface area contributed by atoms with Crippen molar-refractivity contribution in [1.29, 1.82) is 0 Å². The molecule has 0 unspecified atom stereocenters. The molecule has 0 radical (unpaired) electrons. The van der Waals surface area contributed by atoms with Gasteiger partial charge in [-0.2, -0.15) is 4.31 Å². The van der Waals surface area contributed by atoms with Crippen LogP contribution in [0.15, 0.2) is 17.0 Å². The van der Waals surface area contributed by atoms with E-state index in [0.717, 1.165) is 16.4 Å². The van der Waals surface area contributed by atoms with Crippen molar-refractivity contribution in [2.75, 3.05) is 18.8 Å². The fourth-order valence-corrected chi connectivity index (χ4v) is 3.20. The fourth-order valence-electron chi connectivity index (χ4n) is 1.59. The van der Waals surface area contributed by atoms with Crippen molar-refractivity contribution in [1.82, 2.24) is 4.31 Å². The SMILES string of the molecule is CCCN(CC)S(=O)(=O)c1ccc(F)c(N)c1F. The first-order valence-electron chi connectivity index (χ1n) is 5.59. The van der Waals surface area contributed by atoms with Gasteiger partial charge in [0.1, 0.15) is 16.4 Å². The number of hydrogen-bond acceptors (Lipinski definition) is 3. The number of rotatable bonds is 5. The van der Waals surface area contributed by atoms with Gasteiger partial charge >= 0.3 is 0 Å². The molecule has 7 heteroatoms. The largest absolute Gasteiger partial charge is 0.394 e. The normalized spacial score (nSPS) is 12.1. The molecule has 0 aromatic heterocycles. The van der Waals surface area contributed by atoms with Crippen LogP contribution in [0, 0.1) is 11.6 Å². The molecule has 102 valence electrons. The summed E-state index contributed by atoms with van der Waals surface area (Å²) in [5.74, 6) is -2.20. The third kappa shape index (κ3) is 2.62. The molecule has 0 bridgehead atoms.